The van der Waals surface area contributed by atoms with E-state index in [4.69, 9.17) is 0 Å². The largest absolute Gasteiger partial charge is 0.392 e. The van der Waals surface area contributed by atoms with Crippen LogP contribution in [0.5, 0.6) is 0 Å². The predicted molar refractivity (Wildman–Crippen MR) is 84.9 cm³/mol. The van der Waals surface area contributed by atoms with Crippen molar-refractivity contribution in [2.75, 3.05) is 20.1 Å². The highest BCUT2D eigenvalue weighted by Gasteiger charge is 2.22. The molecule has 0 spiro atoms. The van der Waals surface area contributed by atoms with E-state index >= 15 is 0 Å². The first-order valence-corrected chi connectivity index (χ1v) is 7.45. The van der Waals surface area contributed by atoms with Gasteiger partial charge in [0, 0.05) is 30.0 Å². The molecule has 1 aromatic rings. The molecule has 0 aromatic heterocycles. The Labute approximate surface area is 129 Å². The minimum atomic E-state index is -0.523. The van der Waals surface area contributed by atoms with Crippen molar-refractivity contribution in [1.82, 2.24) is 10.2 Å². The smallest absolute Gasteiger partial charge is 0.317 e. The van der Waals surface area contributed by atoms with Gasteiger partial charge in [-0.15, -0.1) is 0 Å². The predicted octanol–water partition coefficient (Wildman–Crippen LogP) is 2.75. The van der Waals surface area contributed by atoms with E-state index in [1.54, 1.807) is 14.0 Å². The maximum atomic E-state index is 11.9. The summed E-state index contributed by atoms with van der Waals surface area (Å²) in [5.74, 6) is 0. The Hall–Kier alpha value is -1.07. The third kappa shape index (κ3) is 5.13. The van der Waals surface area contributed by atoms with E-state index in [1.165, 1.54) is 10.5 Å². The van der Waals surface area contributed by atoms with Crippen LogP contribution in [0.4, 0.5) is 4.79 Å². The van der Waals surface area contributed by atoms with Crippen molar-refractivity contribution in [2.24, 2.45) is 0 Å². The van der Waals surface area contributed by atoms with E-state index in [2.05, 4.69) is 47.2 Å². The average molecular weight is 343 g/mol. The number of carbonyl (C=O) groups is 1. The Kier molecular flexibility index (Phi) is 6.02. The Balaban J connectivity index is 2.59. The summed E-state index contributed by atoms with van der Waals surface area (Å²) in [6.07, 6.45) is -0.523. The van der Waals surface area contributed by atoms with Gasteiger partial charge in [0.1, 0.15) is 0 Å². The highest BCUT2D eigenvalue weighted by atomic mass is 79.9. The molecule has 4 nitrogen and oxygen atoms in total. The number of halogens is 1. The van der Waals surface area contributed by atoms with Crippen molar-refractivity contribution in [2.45, 2.75) is 32.3 Å². The Morgan fingerprint density at radius 2 is 1.95 bits per heavy atom. The van der Waals surface area contributed by atoms with E-state index in [0.717, 1.165) is 4.47 Å². The van der Waals surface area contributed by atoms with Crippen LogP contribution >= 0.6 is 15.9 Å². The lowest BCUT2D eigenvalue weighted by molar-refractivity contribution is 0.143. The quantitative estimate of drug-likeness (QED) is 0.864. The fourth-order valence-corrected chi connectivity index (χ4v) is 2.18. The zero-order valence-corrected chi connectivity index (χ0v) is 14.1. The van der Waals surface area contributed by atoms with Crippen LogP contribution in [0, 0.1) is 0 Å². The maximum absolute atomic E-state index is 11.9. The van der Waals surface area contributed by atoms with E-state index < -0.39 is 6.10 Å². The number of likely N-dealkylation sites (N-methyl/N-ethyl adjacent to an activating group) is 1. The Bertz CT molecular complexity index is 444. The van der Waals surface area contributed by atoms with Crippen LogP contribution < -0.4 is 5.32 Å². The number of benzene rings is 1. The fraction of sp³-hybridized carbons (Fsp3) is 0.533. The summed E-state index contributed by atoms with van der Waals surface area (Å²) in [6.45, 7) is 6.70. The first kappa shape index (κ1) is 17.0. The van der Waals surface area contributed by atoms with Crippen LogP contribution in [0.15, 0.2) is 28.7 Å². The van der Waals surface area contributed by atoms with Gasteiger partial charge < -0.3 is 15.3 Å². The zero-order chi connectivity index (χ0) is 15.3. The van der Waals surface area contributed by atoms with E-state index in [-0.39, 0.29) is 11.4 Å². The molecule has 112 valence electrons. The Morgan fingerprint density at radius 3 is 2.45 bits per heavy atom. The maximum Gasteiger partial charge on any atom is 0.317 e. The summed E-state index contributed by atoms with van der Waals surface area (Å²) in [4.78, 5) is 13.4. The molecular weight excluding hydrogens is 320 g/mol. The molecule has 1 aromatic carbocycles. The number of hydrogen-bond acceptors (Lipinski definition) is 2. The number of carbonyl (C=O) groups excluding carboxylic acids is 1. The first-order chi connectivity index (χ1) is 9.22. The summed E-state index contributed by atoms with van der Waals surface area (Å²) in [7, 11) is 1.68. The zero-order valence-electron chi connectivity index (χ0n) is 12.5. The lowest BCUT2D eigenvalue weighted by Gasteiger charge is -2.27. The number of hydrogen-bond donors (Lipinski definition) is 2. The molecule has 1 rings (SSSR count). The van der Waals surface area contributed by atoms with Gasteiger partial charge in [-0.2, -0.15) is 0 Å². The second-order valence-electron chi connectivity index (χ2n) is 5.78. The molecule has 0 aliphatic heterocycles. The summed E-state index contributed by atoms with van der Waals surface area (Å²) >= 11 is 3.42. The fourth-order valence-electron chi connectivity index (χ4n) is 1.91. The molecular formula is C15H23BrN2O2. The number of rotatable bonds is 5. The molecule has 0 aliphatic carbocycles. The number of nitrogens with one attached hydrogen (secondary N) is 1. The van der Waals surface area contributed by atoms with Crippen molar-refractivity contribution in [3.8, 4) is 0 Å². The van der Waals surface area contributed by atoms with Crippen molar-refractivity contribution >= 4 is 22.0 Å². The molecule has 0 aliphatic rings. The minimum absolute atomic E-state index is 0.151. The molecule has 2 amide bonds. The van der Waals surface area contributed by atoms with E-state index in [9.17, 15) is 9.90 Å². The SMILES string of the molecule is CC(O)CN(C)C(=O)NCC(C)(C)c1ccc(Br)cc1. The van der Waals surface area contributed by atoms with Crippen LogP contribution in [0.1, 0.15) is 26.3 Å². The van der Waals surface area contributed by atoms with Crippen LogP contribution in [-0.4, -0.2) is 42.3 Å². The molecule has 0 bridgehead atoms. The van der Waals surface area contributed by atoms with E-state index in [1.807, 2.05) is 12.1 Å². The molecule has 0 saturated heterocycles. The average Bonchev–Trinajstić information content (AvgIpc) is 2.35. The molecule has 1 unspecified atom stereocenters. The number of urea groups is 1. The number of amides is 2. The van der Waals surface area contributed by atoms with Gasteiger partial charge in [0.15, 0.2) is 0 Å². The number of aliphatic hydroxyl groups is 1. The second-order valence-corrected chi connectivity index (χ2v) is 6.69. The number of nitrogens with zero attached hydrogens (tertiary/aromatic N) is 1. The second kappa shape index (κ2) is 7.09. The molecule has 20 heavy (non-hydrogen) atoms. The van der Waals surface area contributed by atoms with Crippen LogP contribution in [0.3, 0.4) is 0 Å². The summed E-state index contributed by atoms with van der Waals surface area (Å²) in [5.41, 5.74) is 1.02. The van der Waals surface area contributed by atoms with Crippen molar-refractivity contribution in [1.29, 1.82) is 0 Å². The van der Waals surface area contributed by atoms with Gasteiger partial charge in [0.05, 0.1) is 6.10 Å². The highest BCUT2D eigenvalue weighted by Crippen LogP contribution is 2.24. The van der Waals surface area contributed by atoms with Gasteiger partial charge in [-0.05, 0) is 24.6 Å². The van der Waals surface area contributed by atoms with Gasteiger partial charge in [0.25, 0.3) is 0 Å². The van der Waals surface area contributed by atoms with Gasteiger partial charge >= 0.3 is 6.03 Å². The lowest BCUT2D eigenvalue weighted by atomic mass is 9.85. The topological polar surface area (TPSA) is 52.6 Å². The lowest BCUT2D eigenvalue weighted by Crippen LogP contribution is -2.45. The van der Waals surface area contributed by atoms with Gasteiger partial charge in [-0.1, -0.05) is 41.9 Å². The van der Waals surface area contributed by atoms with E-state index in [0.29, 0.717) is 13.1 Å². The van der Waals surface area contributed by atoms with Crippen molar-refractivity contribution < 1.29 is 9.90 Å². The summed E-state index contributed by atoms with van der Waals surface area (Å²) in [5, 5.41) is 12.2. The molecule has 2 N–H and O–H groups in total. The van der Waals surface area contributed by atoms with Crippen molar-refractivity contribution in [3.05, 3.63) is 34.3 Å². The third-order valence-corrected chi connectivity index (χ3v) is 3.72. The number of aliphatic hydroxyl groups excluding tert-OH is 1. The molecule has 5 heteroatoms. The van der Waals surface area contributed by atoms with Crippen LogP contribution in [-0.2, 0) is 5.41 Å². The van der Waals surface area contributed by atoms with Gasteiger partial charge in [-0.3, -0.25) is 0 Å². The minimum Gasteiger partial charge on any atom is -0.392 e. The third-order valence-electron chi connectivity index (χ3n) is 3.19. The van der Waals surface area contributed by atoms with Crippen LogP contribution in [0.25, 0.3) is 0 Å². The molecule has 0 saturated carbocycles. The standard InChI is InChI=1S/C15H23BrN2O2/c1-11(19)9-18(4)14(20)17-10-15(2,3)12-5-7-13(16)8-6-12/h5-8,11,19H,9-10H2,1-4H3,(H,17,20). The monoisotopic (exact) mass is 342 g/mol. The normalized spacial score (nSPS) is 12.9. The van der Waals surface area contributed by atoms with Gasteiger partial charge in [-0.25, -0.2) is 4.79 Å². The van der Waals surface area contributed by atoms with Gasteiger partial charge in [0.2, 0.25) is 0 Å². The van der Waals surface area contributed by atoms with Crippen LogP contribution in [0.2, 0.25) is 0 Å². The Morgan fingerprint density at radius 1 is 1.40 bits per heavy atom. The summed E-state index contributed by atoms with van der Waals surface area (Å²) in [6, 6.07) is 7.93. The molecule has 1 atom stereocenters. The summed E-state index contributed by atoms with van der Waals surface area (Å²) < 4.78 is 1.04. The highest BCUT2D eigenvalue weighted by molar-refractivity contribution is 9.10. The first-order valence-electron chi connectivity index (χ1n) is 6.65. The van der Waals surface area contributed by atoms with Crippen molar-refractivity contribution in [3.63, 3.8) is 0 Å². The molecule has 0 fully saturated rings. The molecule has 0 radical (unpaired) electrons. The molecule has 0 heterocycles.